The number of alkyl halides is 3. The first kappa shape index (κ1) is 19.0. The number of anilines is 1. The zero-order valence-corrected chi connectivity index (χ0v) is 14.3. The highest BCUT2D eigenvalue weighted by Crippen LogP contribution is 2.35. The first-order valence-corrected chi connectivity index (χ1v) is 8.48. The van der Waals surface area contributed by atoms with Gasteiger partial charge in [0, 0.05) is 18.7 Å². The maximum absolute atomic E-state index is 12.5. The van der Waals surface area contributed by atoms with E-state index >= 15 is 0 Å². The van der Waals surface area contributed by atoms with Crippen molar-refractivity contribution in [3.05, 3.63) is 24.3 Å². The number of urea groups is 1. The van der Waals surface area contributed by atoms with Crippen molar-refractivity contribution in [1.29, 1.82) is 0 Å². The number of carbonyl (C=O) groups excluding carboxylic acids is 3. The van der Waals surface area contributed by atoms with Gasteiger partial charge < -0.3 is 15.4 Å². The molecule has 4 amide bonds. The highest BCUT2D eigenvalue weighted by atomic mass is 19.4. The van der Waals surface area contributed by atoms with E-state index in [4.69, 9.17) is 0 Å². The van der Waals surface area contributed by atoms with Gasteiger partial charge in [-0.1, -0.05) is 12.8 Å². The number of halogens is 3. The molecule has 0 unspecified atom stereocenters. The number of amides is 4. The lowest BCUT2D eigenvalue weighted by atomic mass is 9.98. The molecule has 1 aromatic carbocycles. The summed E-state index contributed by atoms with van der Waals surface area (Å²) in [7, 11) is 0. The molecule has 7 nitrogen and oxygen atoms in total. The minimum absolute atomic E-state index is 0.0620. The molecule has 2 aliphatic rings. The smallest absolute Gasteiger partial charge is 0.406 e. The standard InChI is InChI=1S/C17H18F3N3O4/c18-17(19,20)27-12-5-3-11(4-6-12)21-13(24)7-10-23-14(25)16(22-15(23)26)8-1-2-9-16/h3-6H,1-2,7-10H2,(H,21,24)(H,22,26). The van der Waals surface area contributed by atoms with Gasteiger partial charge in [0.2, 0.25) is 5.91 Å². The second-order valence-electron chi connectivity index (χ2n) is 6.55. The van der Waals surface area contributed by atoms with Gasteiger partial charge in [0.05, 0.1) is 0 Å². The normalized spacial score (nSPS) is 18.7. The first-order chi connectivity index (χ1) is 12.7. The van der Waals surface area contributed by atoms with Gasteiger partial charge >= 0.3 is 12.4 Å². The summed E-state index contributed by atoms with van der Waals surface area (Å²) >= 11 is 0. The van der Waals surface area contributed by atoms with Crippen molar-refractivity contribution in [3.8, 4) is 5.75 Å². The molecule has 0 bridgehead atoms. The lowest BCUT2D eigenvalue weighted by molar-refractivity contribution is -0.274. The van der Waals surface area contributed by atoms with Crippen molar-refractivity contribution < 1.29 is 32.3 Å². The topological polar surface area (TPSA) is 87.7 Å². The summed E-state index contributed by atoms with van der Waals surface area (Å²) in [6, 6.07) is 4.18. The molecule has 146 valence electrons. The molecule has 0 radical (unpaired) electrons. The van der Waals surface area contributed by atoms with Crippen LogP contribution in [0.2, 0.25) is 0 Å². The molecule has 1 aliphatic heterocycles. The van der Waals surface area contributed by atoms with Crippen molar-refractivity contribution in [2.75, 3.05) is 11.9 Å². The Morgan fingerprint density at radius 3 is 2.41 bits per heavy atom. The zero-order chi connectivity index (χ0) is 19.7. The molecule has 0 atom stereocenters. The van der Waals surface area contributed by atoms with Crippen LogP contribution < -0.4 is 15.4 Å². The van der Waals surface area contributed by atoms with Crippen LogP contribution in [0.15, 0.2) is 24.3 Å². The second kappa shape index (κ2) is 7.09. The molecule has 1 saturated carbocycles. The number of nitrogens with zero attached hydrogens (tertiary/aromatic N) is 1. The number of carbonyl (C=O) groups is 3. The number of hydrogen-bond donors (Lipinski definition) is 2. The number of ether oxygens (including phenoxy) is 1. The van der Waals surface area contributed by atoms with E-state index in [1.54, 1.807) is 0 Å². The lowest BCUT2D eigenvalue weighted by Crippen LogP contribution is -2.44. The maximum atomic E-state index is 12.5. The van der Waals surface area contributed by atoms with Gasteiger partial charge in [-0.3, -0.25) is 14.5 Å². The molecule has 3 rings (SSSR count). The van der Waals surface area contributed by atoms with Gasteiger partial charge in [-0.2, -0.15) is 0 Å². The van der Waals surface area contributed by atoms with Crippen molar-refractivity contribution in [2.24, 2.45) is 0 Å². The van der Waals surface area contributed by atoms with Gasteiger partial charge in [0.25, 0.3) is 5.91 Å². The Kier molecular flexibility index (Phi) is 4.99. The van der Waals surface area contributed by atoms with Gasteiger partial charge in [-0.15, -0.1) is 13.2 Å². The minimum atomic E-state index is -4.79. The molecule has 27 heavy (non-hydrogen) atoms. The molecule has 2 N–H and O–H groups in total. The molecule has 1 aromatic rings. The highest BCUT2D eigenvalue weighted by Gasteiger charge is 2.52. The van der Waals surface area contributed by atoms with Crippen LogP contribution in [0, 0.1) is 0 Å². The summed E-state index contributed by atoms with van der Waals surface area (Å²) in [5.74, 6) is -1.17. The summed E-state index contributed by atoms with van der Waals surface area (Å²) in [6.45, 7) is -0.0620. The summed E-state index contributed by atoms with van der Waals surface area (Å²) < 4.78 is 40.1. The zero-order valence-electron chi connectivity index (χ0n) is 14.3. The highest BCUT2D eigenvalue weighted by molar-refractivity contribution is 6.07. The number of nitrogens with one attached hydrogen (secondary N) is 2. The van der Waals surface area contributed by atoms with Gasteiger partial charge in [0.15, 0.2) is 0 Å². The largest absolute Gasteiger partial charge is 0.573 e. The number of imide groups is 1. The Labute approximate surface area is 152 Å². The molecule has 0 aromatic heterocycles. The SMILES string of the molecule is O=C(CCN1C(=O)NC2(CCCC2)C1=O)Nc1ccc(OC(F)(F)F)cc1. The lowest BCUT2D eigenvalue weighted by Gasteiger charge is -2.19. The first-order valence-electron chi connectivity index (χ1n) is 8.48. The van der Waals surface area contributed by atoms with Crippen LogP contribution >= 0.6 is 0 Å². The third-order valence-electron chi connectivity index (χ3n) is 4.64. The molecular weight excluding hydrogens is 367 g/mol. The van der Waals surface area contributed by atoms with Crippen LogP contribution in [0.4, 0.5) is 23.7 Å². The van der Waals surface area contributed by atoms with Crippen molar-refractivity contribution in [2.45, 2.75) is 44.0 Å². The van der Waals surface area contributed by atoms with Crippen molar-refractivity contribution >= 4 is 23.5 Å². The van der Waals surface area contributed by atoms with E-state index in [2.05, 4.69) is 15.4 Å². The Morgan fingerprint density at radius 2 is 1.81 bits per heavy atom. The van der Waals surface area contributed by atoms with Crippen molar-refractivity contribution in [3.63, 3.8) is 0 Å². The summed E-state index contributed by atoms with van der Waals surface area (Å²) in [6.07, 6.45) is -1.96. The van der Waals surface area contributed by atoms with E-state index in [1.165, 1.54) is 12.1 Å². The molecule has 1 heterocycles. The quantitative estimate of drug-likeness (QED) is 0.763. The maximum Gasteiger partial charge on any atom is 0.573 e. The minimum Gasteiger partial charge on any atom is -0.406 e. The molecule has 1 aliphatic carbocycles. The second-order valence-corrected chi connectivity index (χ2v) is 6.55. The molecule has 10 heteroatoms. The third-order valence-corrected chi connectivity index (χ3v) is 4.64. The van der Waals surface area contributed by atoms with E-state index in [0.29, 0.717) is 12.8 Å². The number of hydrogen-bond acceptors (Lipinski definition) is 4. The predicted molar refractivity (Wildman–Crippen MR) is 87.8 cm³/mol. The Bertz CT molecular complexity index is 743. The van der Waals surface area contributed by atoms with Crippen molar-refractivity contribution in [1.82, 2.24) is 10.2 Å². The summed E-state index contributed by atoms with van der Waals surface area (Å²) in [5, 5.41) is 5.23. The predicted octanol–water partition coefficient (Wildman–Crippen LogP) is 2.78. The Balaban J connectivity index is 1.51. The Hall–Kier alpha value is -2.78. The van der Waals surface area contributed by atoms with Crippen LogP contribution in [0.1, 0.15) is 32.1 Å². The van der Waals surface area contributed by atoms with Crippen LogP contribution in [0.5, 0.6) is 5.75 Å². The fourth-order valence-electron chi connectivity index (χ4n) is 3.37. The third kappa shape index (κ3) is 4.32. The van der Waals surface area contributed by atoms with Crippen LogP contribution in [-0.4, -0.2) is 41.2 Å². The van der Waals surface area contributed by atoms with Crippen LogP contribution in [0.3, 0.4) is 0 Å². The average molecular weight is 385 g/mol. The fourth-order valence-corrected chi connectivity index (χ4v) is 3.37. The number of rotatable bonds is 5. The monoisotopic (exact) mass is 385 g/mol. The Morgan fingerprint density at radius 1 is 1.19 bits per heavy atom. The number of benzene rings is 1. The van der Waals surface area contributed by atoms with Crippen LogP contribution in [-0.2, 0) is 9.59 Å². The van der Waals surface area contributed by atoms with E-state index in [-0.39, 0.29) is 24.6 Å². The van der Waals surface area contributed by atoms with E-state index in [1.807, 2.05) is 0 Å². The summed E-state index contributed by atoms with van der Waals surface area (Å²) in [5.41, 5.74) is -0.541. The van der Waals surface area contributed by atoms with Crippen LogP contribution in [0.25, 0.3) is 0 Å². The molecule has 2 fully saturated rings. The molecular formula is C17H18F3N3O4. The molecule has 1 saturated heterocycles. The van der Waals surface area contributed by atoms with E-state index < -0.39 is 29.6 Å². The van der Waals surface area contributed by atoms with Gasteiger partial charge in [0.1, 0.15) is 11.3 Å². The van der Waals surface area contributed by atoms with E-state index in [0.717, 1.165) is 29.9 Å². The molecule has 1 spiro atoms. The van der Waals surface area contributed by atoms with E-state index in [9.17, 15) is 27.6 Å². The fraction of sp³-hybridized carbons (Fsp3) is 0.471. The summed E-state index contributed by atoms with van der Waals surface area (Å²) in [4.78, 5) is 37.6. The van der Waals surface area contributed by atoms with Gasteiger partial charge in [-0.05, 0) is 37.1 Å². The van der Waals surface area contributed by atoms with Gasteiger partial charge in [-0.25, -0.2) is 4.79 Å². The average Bonchev–Trinajstić information content (AvgIpc) is 3.13.